The maximum absolute atomic E-state index is 6.04. The molecule has 0 amide bonds. The molecule has 0 radical (unpaired) electrons. The van der Waals surface area contributed by atoms with Gasteiger partial charge in [-0.2, -0.15) is 0 Å². The van der Waals surface area contributed by atoms with Crippen LogP contribution in [0, 0.1) is 0 Å². The van der Waals surface area contributed by atoms with E-state index >= 15 is 0 Å². The number of hydrogen-bond acceptors (Lipinski definition) is 2. The smallest absolute Gasteiger partial charge is 0.0809 e. The molecule has 0 heterocycles. The standard InChI is InChI=1S/C9H8Cl5NS/c1-3(2)15-16-9-7(13)5(11)4(10)6(12)8(9)14/h3,15H,1-2H3. The molecular weight excluding hydrogens is 331 g/mol. The molecule has 7 heteroatoms. The summed E-state index contributed by atoms with van der Waals surface area (Å²) in [6, 6.07) is 0.269. The highest BCUT2D eigenvalue weighted by molar-refractivity contribution is 7.97. The predicted octanol–water partition coefficient (Wildman–Crippen LogP) is 5.96. The van der Waals surface area contributed by atoms with Gasteiger partial charge in [0.25, 0.3) is 0 Å². The highest BCUT2D eigenvalue weighted by Gasteiger charge is 2.19. The molecule has 1 rings (SSSR count). The molecule has 0 unspecified atom stereocenters. The van der Waals surface area contributed by atoms with E-state index in [-0.39, 0.29) is 21.1 Å². The predicted molar refractivity (Wildman–Crippen MR) is 75.6 cm³/mol. The summed E-state index contributed by atoms with van der Waals surface area (Å²) in [6.07, 6.45) is 0. The van der Waals surface area contributed by atoms with Gasteiger partial charge in [0.2, 0.25) is 0 Å². The first-order valence-corrected chi connectivity index (χ1v) is 7.00. The summed E-state index contributed by atoms with van der Waals surface area (Å²) in [7, 11) is 0. The second kappa shape index (κ2) is 6.24. The highest BCUT2D eigenvalue weighted by atomic mass is 35.5. The molecule has 1 aromatic carbocycles. The van der Waals surface area contributed by atoms with Crippen LogP contribution in [0.1, 0.15) is 13.8 Å². The van der Waals surface area contributed by atoms with E-state index < -0.39 is 0 Å². The topological polar surface area (TPSA) is 12.0 Å². The molecule has 0 aliphatic heterocycles. The van der Waals surface area contributed by atoms with Crippen molar-refractivity contribution in [2.45, 2.75) is 24.8 Å². The maximum Gasteiger partial charge on any atom is 0.0809 e. The van der Waals surface area contributed by atoms with Crippen LogP contribution in [-0.4, -0.2) is 6.04 Å². The zero-order valence-corrected chi connectivity index (χ0v) is 13.0. The Labute approximate surface area is 124 Å². The lowest BCUT2D eigenvalue weighted by Crippen LogP contribution is -2.13. The summed E-state index contributed by atoms with van der Waals surface area (Å²) in [5.41, 5.74) is 0. The quantitative estimate of drug-likeness (QED) is 0.414. The van der Waals surface area contributed by atoms with Crippen LogP contribution in [0.15, 0.2) is 4.90 Å². The van der Waals surface area contributed by atoms with E-state index in [1.165, 1.54) is 11.9 Å². The van der Waals surface area contributed by atoms with Gasteiger partial charge in [-0.05, 0) is 25.8 Å². The van der Waals surface area contributed by atoms with Gasteiger partial charge in [-0.3, -0.25) is 4.72 Å². The second-order valence-electron chi connectivity index (χ2n) is 3.27. The summed E-state index contributed by atoms with van der Waals surface area (Å²) in [5, 5.41) is 1.21. The first-order chi connectivity index (χ1) is 7.36. The van der Waals surface area contributed by atoms with Crippen LogP contribution in [0.4, 0.5) is 0 Å². The molecule has 16 heavy (non-hydrogen) atoms. The van der Waals surface area contributed by atoms with Crippen molar-refractivity contribution < 1.29 is 0 Å². The summed E-state index contributed by atoms with van der Waals surface area (Å²) >= 11 is 31.1. The van der Waals surface area contributed by atoms with Crippen LogP contribution in [0.2, 0.25) is 25.1 Å². The van der Waals surface area contributed by atoms with Crippen molar-refractivity contribution in [2.24, 2.45) is 0 Å². The van der Waals surface area contributed by atoms with Gasteiger partial charge in [0, 0.05) is 6.04 Å². The Bertz CT molecular complexity index is 378. The van der Waals surface area contributed by atoms with Gasteiger partial charge < -0.3 is 0 Å². The lowest BCUT2D eigenvalue weighted by molar-refractivity contribution is 0.771. The highest BCUT2D eigenvalue weighted by Crippen LogP contribution is 2.47. The lowest BCUT2D eigenvalue weighted by Gasteiger charge is -2.13. The number of benzene rings is 1. The van der Waals surface area contributed by atoms with Gasteiger partial charge in [-0.15, -0.1) is 0 Å². The van der Waals surface area contributed by atoms with Gasteiger partial charge in [-0.25, -0.2) is 0 Å². The molecule has 0 spiro atoms. The van der Waals surface area contributed by atoms with Gasteiger partial charge in [0.1, 0.15) is 0 Å². The van der Waals surface area contributed by atoms with Gasteiger partial charge in [-0.1, -0.05) is 58.0 Å². The van der Waals surface area contributed by atoms with Crippen molar-refractivity contribution in [3.63, 3.8) is 0 Å². The zero-order valence-electron chi connectivity index (χ0n) is 8.38. The minimum Gasteiger partial charge on any atom is -0.257 e. The SMILES string of the molecule is CC(C)NSc1c(Cl)c(Cl)c(Cl)c(Cl)c1Cl. The molecule has 1 nitrogen and oxygen atoms in total. The third-order valence-electron chi connectivity index (χ3n) is 1.57. The molecule has 1 N–H and O–H groups in total. The fraction of sp³-hybridized carbons (Fsp3) is 0.333. The van der Waals surface area contributed by atoms with Crippen molar-refractivity contribution in [3.05, 3.63) is 25.1 Å². The van der Waals surface area contributed by atoms with E-state index in [0.29, 0.717) is 14.9 Å². The van der Waals surface area contributed by atoms with E-state index in [9.17, 15) is 0 Å². The normalized spacial score (nSPS) is 11.2. The molecule has 0 saturated carbocycles. The number of halogens is 5. The van der Waals surface area contributed by atoms with Gasteiger partial charge in [0.05, 0.1) is 30.0 Å². The zero-order chi connectivity index (χ0) is 12.5. The Morgan fingerprint density at radius 3 is 1.56 bits per heavy atom. The average molecular weight is 340 g/mol. The summed E-state index contributed by atoms with van der Waals surface area (Å²) in [6.45, 7) is 3.99. The lowest BCUT2D eigenvalue weighted by atomic mass is 10.3. The van der Waals surface area contributed by atoms with Crippen LogP contribution in [-0.2, 0) is 0 Å². The largest absolute Gasteiger partial charge is 0.257 e. The number of hydrogen-bond donors (Lipinski definition) is 1. The molecule has 0 fully saturated rings. The van der Waals surface area contributed by atoms with Crippen molar-refractivity contribution >= 4 is 70.0 Å². The molecule has 0 bridgehead atoms. The van der Waals surface area contributed by atoms with Gasteiger partial charge >= 0.3 is 0 Å². The van der Waals surface area contributed by atoms with Crippen LogP contribution in [0.25, 0.3) is 0 Å². The van der Waals surface area contributed by atoms with Crippen LogP contribution >= 0.6 is 70.0 Å². The van der Waals surface area contributed by atoms with E-state index in [1.807, 2.05) is 13.8 Å². The Balaban J connectivity index is 3.18. The van der Waals surface area contributed by atoms with Crippen LogP contribution in [0.3, 0.4) is 0 Å². The molecule has 0 aromatic heterocycles. The Morgan fingerprint density at radius 2 is 1.19 bits per heavy atom. The fourth-order valence-electron chi connectivity index (χ4n) is 0.851. The van der Waals surface area contributed by atoms with E-state index in [1.54, 1.807) is 0 Å². The average Bonchev–Trinajstić information content (AvgIpc) is 2.23. The third kappa shape index (κ3) is 3.26. The van der Waals surface area contributed by atoms with E-state index in [2.05, 4.69) is 4.72 Å². The summed E-state index contributed by atoms with van der Waals surface area (Å²) in [4.78, 5) is 0.580. The third-order valence-corrected chi connectivity index (χ3v) is 5.27. The number of nitrogens with one attached hydrogen (secondary N) is 1. The van der Waals surface area contributed by atoms with Crippen LogP contribution in [0.5, 0.6) is 0 Å². The second-order valence-corrected chi connectivity index (χ2v) is 6.01. The van der Waals surface area contributed by atoms with Crippen molar-refractivity contribution in [3.8, 4) is 0 Å². The Morgan fingerprint density at radius 1 is 0.812 bits per heavy atom. The van der Waals surface area contributed by atoms with Crippen molar-refractivity contribution in [2.75, 3.05) is 0 Å². The molecule has 0 aliphatic carbocycles. The first kappa shape index (κ1) is 15.0. The molecule has 90 valence electrons. The molecular formula is C9H8Cl5NS. The van der Waals surface area contributed by atoms with Crippen molar-refractivity contribution in [1.29, 1.82) is 0 Å². The monoisotopic (exact) mass is 337 g/mol. The maximum atomic E-state index is 6.04. The summed E-state index contributed by atoms with van der Waals surface area (Å²) < 4.78 is 3.10. The molecule has 1 aromatic rings. The summed E-state index contributed by atoms with van der Waals surface area (Å²) in [5.74, 6) is 0. The Hall–Kier alpha value is 0.980. The molecule has 0 atom stereocenters. The fourth-order valence-corrected chi connectivity index (χ4v) is 3.07. The Kier molecular flexibility index (Phi) is 5.86. The van der Waals surface area contributed by atoms with Crippen molar-refractivity contribution in [1.82, 2.24) is 4.72 Å². The number of rotatable bonds is 3. The van der Waals surface area contributed by atoms with Crippen LogP contribution < -0.4 is 4.72 Å². The van der Waals surface area contributed by atoms with E-state index in [0.717, 1.165) is 0 Å². The van der Waals surface area contributed by atoms with Gasteiger partial charge in [0.15, 0.2) is 0 Å². The molecule has 0 aliphatic rings. The molecule has 0 saturated heterocycles. The minimum atomic E-state index is 0.173. The first-order valence-electron chi connectivity index (χ1n) is 4.30. The van der Waals surface area contributed by atoms with E-state index in [4.69, 9.17) is 58.0 Å². The minimum absolute atomic E-state index is 0.173.